The predicted molar refractivity (Wildman–Crippen MR) is 84.7 cm³/mol. The average molecular weight is 306 g/mol. The molecule has 0 radical (unpaired) electrons. The van der Waals surface area contributed by atoms with Gasteiger partial charge in [-0.2, -0.15) is 5.10 Å². The molecule has 0 fully saturated rings. The molecule has 0 aromatic carbocycles. The van der Waals surface area contributed by atoms with E-state index in [1.807, 2.05) is 30.2 Å². The van der Waals surface area contributed by atoms with Crippen LogP contribution in [-0.2, 0) is 12.0 Å². The molecule has 0 atom stereocenters. The molecule has 0 saturated carbocycles. The largest absolute Gasteiger partial charge is 0.341 e. The first-order valence-corrected chi connectivity index (χ1v) is 7.87. The van der Waals surface area contributed by atoms with E-state index in [2.05, 4.69) is 30.9 Å². The van der Waals surface area contributed by atoms with Crippen LogP contribution in [0.3, 0.4) is 0 Å². The van der Waals surface area contributed by atoms with E-state index in [1.54, 1.807) is 22.4 Å². The number of hydrogen-bond donors (Lipinski definition) is 0. The van der Waals surface area contributed by atoms with Crippen molar-refractivity contribution in [3.05, 3.63) is 34.0 Å². The van der Waals surface area contributed by atoms with E-state index >= 15 is 0 Å². The Morgan fingerprint density at radius 3 is 2.67 bits per heavy atom. The molecule has 21 heavy (non-hydrogen) atoms. The second kappa shape index (κ2) is 5.97. The first kappa shape index (κ1) is 15.7. The molecular formula is C15H22N4OS. The van der Waals surface area contributed by atoms with E-state index in [1.165, 1.54) is 0 Å². The Bertz CT molecular complexity index is 610. The maximum Gasteiger partial charge on any atom is 0.257 e. The van der Waals surface area contributed by atoms with Crippen LogP contribution in [0.25, 0.3) is 0 Å². The standard InChI is InChI=1S/C15H22N4OS/c1-11-12(10-19(17-11)15(2,3)4)14(20)18(5)8-6-13-16-7-9-21-13/h7,9-10H,6,8H2,1-5H3. The van der Waals surface area contributed by atoms with Gasteiger partial charge in [0.15, 0.2) is 0 Å². The van der Waals surface area contributed by atoms with Crippen LogP contribution in [0.5, 0.6) is 0 Å². The van der Waals surface area contributed by atoms with Gasteiger partial charge >= 0.3 is 0 Å². The smallest absolute Gasteiger partial charge is 0.257 e. The molecule has 0 aliphatic heterocycles. The fourth-order valence-electron chi connectivity index (χ4n) is 1.96. The van der Waals surface area contributed by atoms with Crippen LogP contribution in [0, 0.1) is 6.92 Å². The van der Waals surface area contributed by atoms with Gasteiger partial charge in [0.1, 0.15) is 0 Å². The maximum atomic E-state index is 12.5. The zero-order valence-corrected chi connectivity index (χ0v) is 14.1. The average Bonchev–Trinajstić information content (AvgIpc) is 3.03. The zero-order valence-electron chi connectivity index (χ0n) is 13.3. The van der Waals surface area contributed by atoms with E-state index in [9.17, 15) is 4.79 Å². The summed E-state index contributed by atoms with van der Waals surface area (Å²) in [6.45, 7) is 8.75. The molecule has 5 nitrogen and oxygen atoms in total. The molecule has 0 bridgehead atoms. The molecule has 2 aromatic heterocycles. The second-order valence-corrected chi connectivity index (χ2v) is 7.13. The molecule has 0 saturated heterocycles. The summed E-state index contributed by atoms with van der Waals surface area (Å²) < 4.78 is 1.85. The van der Waals surface area contributed by atoms with Crippen molar-refractivity contribution >= 4 is 17.2 Å². The molecule has 0 aliphatic rings. The van der Waals surface area contributed by atoms with Gasteiger partial charge in [0.2, 0.25) is 0 Å². The summed E-state index contributed by atoms with van der Waals surface area (Å²) in [7, 11) is 1.82. The first-order valence-electron chi connectivity index (χ1n) is 6.99. The van der Waals surface area contributed by atoms with Crippen molar-refractivity contribution in [2.75, 3.05) is 13.6 Å². The van der Waals surface area contributed by atoms with Crippen molar-refractivity contribution in [1.82, 2.24) is 19.7 Å². The molecular weight excluding hydrogens is 284 g/mol. The minimum absolute atomic E-state index is 0.0135. The van der Waals surface area contributed by atoms with E-state index in [0.717, 1.165) is 17.1 Å². The van der Waals surface area contributed by atoms with Crippen LogP contribution in [0.15, 0.2) is 17.8 Å². The van der Waals surface area contributed by atoms with Gasteiger partial charge in [0, 0.05) is 37.8 Å². The molecule has 6 heteroatoms. The van der Waals surface area contributed by atoms with Crippen LogP contribution in [0.2, 0.25) is 0 Å². The second-order valence-electron chi connectivity index (χ2n) is 6.15. The first-order chi connectivity index (χ1) is 9.79. The van der Waals surface area contributed by atoms with Crippen molar-refractivity contribution in [3.63, 3.8) is 0 Å². The number of hydrogen-bond acceptors (Lipinski definition) is 4. The molecule has 0 aliphatic carbocycles. The Morgan fingerprint density at radius 1 is 1.43 bits per heavy atom. The zero-order chi connectivity index (χ0) is 15.6. The molecule has 0 spiro atoms. The SMILES string of the molecule is Cc1nn(C(C)(C)C)cc1C(=O)N(C)CCc1nccs1. The predicted octanol–water partition coefficient (Wildman–Crippen LogP) is 2.72. The van der Waals surface area contributed by atoms with Gasteiger partial charge in [-0.1, -0.05) is 0 Å². The number of nitrogens with zero attached hydrogens (tertiary/aromatic N) is 4. The van der Waals surface area contributed by atoms with Gasteiger partial charge in [0.05, 0.1) is 21.8 Å². The molecule has 2 rings (SSSR count). The van der Waals surface area contributed by atoms with Gasteiger partial charge in [-0.3, -0.25) is 9.48 Å². The van der Waals surface area contributed by atoms with E-state index < -0.39 is 0 Å². The summed E-state index contributed by atoms with van der Waals surface area (Å²) in [6, 6.07) is 0. The number of thiazole rings is 1. The topological polar surface area (TPSA) is 51.0 Å². The minimum atomic E-state index is -0.122. The summed E-state index contributed by atoms with van der Waals surface area (Å²) in [5.74, 6) is 0.0135. The summed E-state index contributed by atoms with van der Waals surface area (Å²) in [5, 5.41) is 7.46. The number of carbonyl (C=O) groups is 1. The minimum Gasteiger partial charge on any atom is -0.341 e. The Hall–Kier alpha value is -1.69. The van der Waals surface area contributed by atoms with Gasteiger partial charge in [-0.15, -0.1) is 11.3 Å². The van der Waals surface area contributed by atoms with Crippen molar-refractivity contribution in [3.8, 4) is 0 Å². The third-order valence-electron chi connectivity index (χ3n) is 3.31. The monoisotopic (exact) mass is 306 g/mol. The molecule has 2 aromatic rings. The van der Waals surface area contributed by atoms with Crippen molar-refractivity contribution < 1.29 is 4.79 Å². The third-order valence-corrected chi connectivity index (χ3v) is 4.15. The highest BCUT2D eigenvalue weighted by Crippen LogP contribution is 2.17. The Labute approximate surface area is 129 Å². The lowest BCUT2D eigenvalue weighted by atomic mass is 10.1. The van der Waals surface area contributed by atoms with E-state index in [-0.39, 0.29) is 11.4 Å². The summed E-state index contributed by atoms with van der Waals surface area (Å²) in [4.78, 5) is 18.5. The van der Waals surface area contributed by atoms with Crippen LogP contribution >= 0.6 is 11.3 Å². The highest BCUT2D eigenvalue weighted by molar-refractivity contribution is 7.09. The van der Waals surface area contributed by atoms with Crippen molar-refractivity contribution in [2.45, 2.75) is 39.7 Å². The molecule has 114 valence electrons. The number of rotatable bonds is 4. The Morgan fingerprint density at radius 2 is 2.14 bits per heavy atom. The van der Waals surface area contributed by atoms with Crippen molar-refractivity contribution in [1.29, 1.82) is 0 Å². The van der Waals surface area contributed by atoms with Gasteiger partial charge in [-0.25, -0.2) is 4.98 Å². The number of aryl methyl sites for hydroxylation is 1. The van der Waals surface area contributed by atoms with Gasteiger partial charge in [-0.05, 0) is 27.7 Å². The molecule has 2 heterocycles. The van der Waals surface area contributed by atoms with Gasteiger partial charge in [0.25, 0.3) is 5.91 Å². The number of carbonyl (C=O) groups excluding carboxylic acids is 1. The number of aromatic nitrogens is 3. The number of likely N-dealkylation sites (N-methyl/N-ethyl adjacent to an activating group) is 1. The lowest BCUT2D eigenvalue weighted by Crippen LogP contribution is -2.29. The number of amides is 1. The third kappa shape index (κ3) is 3.69. The van der Waals surface area contributed by atoms with E-state index in [4.69, 9.17) is 0 Å². The van der Waals surface area contributed by atoms with Gasteiger partial charge < -0.3 is 4.90 Å². The summed E-state index contributed by atoms with van der Waals surface area (Å²) in [5.41, 5.74) is 1.32. The summed E-state index contributed by atoms with van der Waals surface area (Å²) in [6.07, 6.45) is 4.42. The van der Waals surface area contributed by atoms with Crippen LogP contribution in [0.1, 0.15) is 41.8 Å². The van der Waals surface area contributed by atoms with Crippen LogP contribution in [-0.4, -0.2) is 39.2 Å². The van der Waals surface area contributed by atoms with Crippen molar-refractivity contribution in [2.24, 2.45) is 0 Å². The molecule has 1 amide bonds. The van der Waals surface area contributed by atoms with Crippen LogP contribution < -0.4 is 0 Å². The molecule has 0 N–H and O–H groups in total. The lowest BCUT2D eigenvalue weighted by Gasteiger charge is -2.19. The highest BCUT2D eigenvalue weighted by Gasteiger charge is 2.21. The fourth-order valence-corrected chi connectivity index (χ4v) is 2.57. The maximum absolute atomic E-state index is 12.5. The Kier molecular flexibility index (Phi) is 4.46. The fraction of sp³-hybridized carbons (Fsp3) is 0.533. The normalized spacial score (nSPS) is 11.7. The summed E-state index contributed by atoms with van der Waals surface area (Å²) >= 11 is 1.62. The Balaban J connectivity index is 2.07. The lowest BCUT2D eigenvalue weighted by molar-refractivity contribution is 0.0795. The highest BCUT2D eigenvalue weighted by atomic mass is 32.1. The quantitative estimate of drug-likeness (QED) is 0.872. The van der Waals surface area contributed by atoms with Crippen LogP contribution in [0.4, 0.5) is 0 Å². The van der Waals surface area contributed by atoms with E-state index in [0.29, 0.717) is 12.1 Å². The molecule has 0 unspecified atom stereocenters.